The SMILES string of the molecule is CCc1ccc(OC)c(CN(C)C(C)CC(=O)O)c1. The standard InChI is InChI=1S/C15H23NO3/c1-5-12-6-7-14(19-4)13(9-12)10-16(3)11(2)8-15(17)18/h6-7,9,11H,5,8,10H2,1-4H3,(H,17,18). The number of carbonyl (C=O) groups is 1. The Bertz CT molecular complexity index is 431. The third-order valence-corrected chi connectivity index (χ3v) is 3.40. The fourth-order valence-corrected chi connectivity index (χ4v) is 2.01. The van der Waals surface area contributed by atoms with Crippen LogP contribution in [-0.4, -0.2) is 36.2 Å². The van der Waals surface area contributed by atoms with Gasteiger partial charge in [-0.15, -0.1) is 0 Å². The molecule has 0 bridgehead atoms. The summed E-state index contributed by atoms with van der Waals surface area (Å²) in [6.45, 7) is 4.72. The minimum atomic E-state index is -0.770. The second-order valence-electron chi connectivity index (χ2n) is 4.86. The van der Waals surface area contributed by atoms with Gasteiger partial charge in [-0.25, -0.2) is 0 Å². The summed E-state index contributed by atoms with van der Waals surface area (Å²) in [6.07, 6.45) is 1.12. The van der Waals surface area contributed by atoms with Crippen molar-refractivity contribution < 1.29 is 14.6 Å². The maximum Gasteiger partial charge on any atom is 0.304 e. The van der Waals surface area contributed by atoms with Crippen LogP contribution in [0.2, 0.25) is 0 Å². The van der Waals surface area contributed by atoms with E-state index in [0.717, 1.165) is 17.7 Å². The van der Waals surface area contributed by atoms with Crippen LogP contribution in [0.25, 0.3) is 0 Å². The molecule has 0 aromatic heterocycles. The molecule has 1 unspecified atom stereocenters. The number of aryl methyl sites for hydroxylation is 1. The normalized spacial score (nSPS) is 12.5. The van der Waals surface area contributed by atoms with Crippen LogP contribution < -0.4 is 4.74 Å². The van der Waals surface area contributed by atoms with Crippen molar-refractivity contribution in [1.82, 2.24) is 4.90 Å². The monoisotopic (exact) mass is 265 g/mol. The molecule has 0 radical (unpaired) electrons. The lowest BCUT2D eigenvalue weighted by atomic mass is 10.1. The molecule has 0 aliphatic carbocycles. The molecule has 4 heteroatoms. The number of benzene rings is 1. The van der Waals surface area contributed by atoms with Gasteiger partial charge in [0.15, 0.2) is 0 Å². The fourth-order valence-electron chi connectivity index (χ4n) is 2.01. The number of aliphatic carboxylic acids is 1. The first-order valence-electron chi connectivity index (χ1n) is 6.55. The summed E-state index contributed by atoms with van der Waals surface area (Å²) >= 11 is 0. The summed E-state index contributed by atoms with van der Waals surface area (Å²) in [6, 6.07) is 6.16. The Morgan fingerprint density at radius 3 is 2.68 bits per heavy atom. The van der Waals surface area contributed by atoms with E-state index in [9.17, 15) is 4.79 Å². The Balaban J connectivity index is 2.82. The number of nitrogens with zero attached hydrogens (tertiary/aromatic N) is 1. The van der Waals surface area contributed by atoms with E-state index in [0.29, 0.717) is 6.54 Å². The van der Waals surface area contributed by atoms with Crippen molar-refractivity contribution in [3.8, 4) is 5.75 Å². The lowest BCUT2D eigenvalue weighted by Crippen LogP contribution is -2.30. The van der Waals surface area contributed by atoms with Gasteiger partial charge in [0.25, 0.3) is 0 Å². The average Bonchev–Trinajstić information content (AvgIpc) is 2.37. The van der Waals surface area contributed by atoms with Crippen LogP contribution in [0.3, 0.4) is 0 Å². The molecule has 106 valence electrons. The zero-order chi connectivity index (χ0) is 14.4. The van der Waals surface area contributed by atoms with Gasteiger partial charge in [-0.05, 0) is 32.0 Å². The Labute approximate surface area is 115 Å². The zero-order valence-electron chi connectivity index (χ0n) is 12.1. The minimum absolute atomic E-state index is 0.00695. The average molecular weight is 265 g/mol. The molecule has 1 atom stereocenters. The van der Waals surface area contributed by atoms with Crippen molar-refractivity contribution in [2.75, 3.05) is 14.2 Å². The van der Waals surface area contributed by atoms with Gasteiger partial charge in [-0.1, -0.05) is 19.1 Å². The molecule has 1 aromatic carbocycles. The number of rotatable bonds is 7. The molecule has 0 saturated heterocycles. The Morgan fingerprint density at radius 1 is 1.47 bits per heavy atom. The molecule has 1 aromatic rings. The van der Waals surface area contributed by atoms with E-state index in [4.69, 9.17) is 9.84 Å². The first kappa shape index (κ1) is 15.5. The molecule has 0 aliphatic rings. The molecule has 1 N–H and O–H groups in total. The number of carboxylic acid groups (broad SMARTS) is 1. The van der Waals surface area contributed by atoms with Gasteiger partial charge in [0.1, 0.15) is 5.75 Å². The molecular weight excluding hydrogens is 242 g/mol. The highest BCUT2D eigenvalue weighted by Gasteiger charge is 2.15. The van der Waals surface area contributed by atoms with Crippen LogP contribution in [0.4, 0.5) is 0 Å². The van der Waals surface area contributed by atoms with Crippen LogP contribution in [0.1, 0.15) is 31.4 Å². The van der Waals surface area contributed by atoms with Crippen LogP contribution >= 0.6 is 0 Å². The molecule has 0 spiro atoms. The topological polar surface area (TPSA) is 49.8 Å². The molecule has 0 aliphatic heterocycles. The Kier molecular flexibility index (Phi) is 5.83. The van der Waals surface area contributed by atoms with Crippen molar-refractivity contribution in [3.63, 3.8) is 0 Å². The quantitative estimate of drug-likeness (QED) is 0.823. The number of carboxylic acids is 1. The summed E-state index contributed by atoms with van der Waals surface area (Å²) in [5.74, 6) is 0.0835. The van der Waals surface area contributed by atoms with Crippen LogP contribution in [0, 0.1) is 0 Å². The number of ether oxygens (including phenoxy) is 1. The van der Waals surface area contributed by atoms with Gasteiger partial charge in [-0.3, -0.25) is 9.69 Å². The fraction of sp³-hybridized carbons (Fsp3) is 0.533. The van der Waals surface area contributed by atoms with E-state index in [1.54, 1.807) is 7.11 Å². The van der Waals surface area contributed by atoms with E-state index in [-0.39, 0.29) is 12.5 Å². The van der Waals surface area contributed by atoms with E-state index >= 15 is 0 Å². The molecule has 1 rings (SSSR count). The van der Waals surface area contributed by atoms with Crippen molar-refractivity contribution >= 4 is 5.97 Å². The Hall–Kier alpha value is -1.55. The van der Waals surface area contributed by atoms with Crippen molar-refractivity contribution in [2.24, 2.45) is 0 Å². The third kappa shape index (κ3) is 4.56. The van der Waals surface area contributed by atoms with Crippen molar-refractivity contribution in [3.05, 3.63) is 29.3 Å². The molecule has 19 heavy (non-hydrogen) atoms. The maximum absolute atomic E-state index is 10.7. The molecule has 4 nitrogen and oxygen atoms in total. The predicted molar refractivity (Wildman–Crippen MR) is 75.6 cm³/mol. The molecule has 0 saturated carbocycles. The second-order valence-corrected chi connectivity index (χ2v) is 4.86. The first-order chi connectivity index (χ1) is 8.97. The second kappa shape index (κ2) is 7.14. The molecule has 0 fully saturated rings. The number of hydrogen-bond acceptors (Lipinski definition) is 3. The van der Waals surface area contributed by atoms with Gasteiger partial charge in [0.2, 0.25) is 0 Å². The summed E-state index contributed by atoms with van der Waals surface area (Å²) in [4.78, 5) is 12.8. The summed E-state index contributed by atoms with van der Waals surface area (Å²) in [5.41, 5.74) is 2.36. The third-order valence-electron chi connectivity index (χ3n) is 3.40. The molecular formula is C15H23NO3. The zero-order valence-corrected chi connectivity index (χ0v) is 12.1. The first-order valence-corrected chi connectivity index (χ1v) is 6.55. The van der Waals surface area contributed by atoms with Gasteiger partial charge < -0.3 is 9.84 Å². The van der Waals surface area contributed by atoms with Crippen LogP contribution in [-0.2, 0) is 17.8 Å². The lowest BCUT2D eigenvalue weighted by Gasteiger charge is -2.24. The van der Waals surface area contributed by atoms with Crippen LogP contribution in [0.5, 0.6) is 5.75 Å². The van der Waals surface area contributed by atoms with E-state index < -0.39 is 5.97 Å². The van der Waals surface area contributed by atoms with Crippen molar-refractivity contribution in [1.29, 1.82) is 0 Å². The van der Waals surface area contributed by atoms with Gasteiger partial charge in [-0.2, -0.15) is 0 Å². The summed E-state index contributed by atoms with van der Waals surface area (Å²) in [7, 11) is 3.59. The smallest absolute Gasteiger partial charge is 0.304 e. The lowest BCUT2D eigenvalue weighted by molar-refractivity contribution is -0.138. The molecule has 0 amide bonds. The van der Waals surface area contributed by atoms with Gasteiger partial charge in [0.05, 0.1) is 13.5 Å². The number of methoxy groups -OCH3 is 1. The molecule has 0 heterocycles. The van der Waals surface area contributed by atoms with E-state index in [2.05, 4.69) is 19.1 Å². The van der Waals surface area contributed by atoms with Gasteiger partial charge in [0, 0.05) is 18.2 Å². The van der Waals surface area contributed by atoms with E-state index in [1.807, 2.05) is 24.9 Å². The number of hydrogen-bond donors (Lipinski definition) is 1. The van der Waals surface area contributed by atoms with E-state index in [1.165, 1.54) is 5.56 Å². The summed E-state index contributed by atoms with van der Waals surface area (Å²) < 4.78 is 5.36. The highest BCUT2D eigenvalue weighted by Crippen LogP contribution is 2.22. The predicted octanol–water partition coefficient (Wildman–Crippen LogP) is 2.55. The highest BCUT2D eigenvalue weighted by atomic mass is 16.5. The maximum atomic E-state index is 10.7. The largest absolute Gasteiger partial charge is 0.496 e. The van der Waals surface area contributed by atoms with Gasteiger partial charge >= 0.3 is 5.97 Å². The summed E-state index contributed by atoms with van der Waals surface area (Å²) in [5, 5.41) is 8.83. The highest BCUT2D eigenvalue weighted by molar-refractivity contribution is 5.67. The minimum Gasteiger partial charge on any atom is -0.496 e. The van der Waals surface area contributed by atoms with Crippen LogP contribution in [0.15, 0.2) is 18.2 Å². The Morgan fingerprint density at radius 2 is 2.16 bits per heavy atom. The van der Waals surface area contributed by atoms with Crippen molar-refractivity contribution in [2.45, 2.75) is 39.3 Å².